The minimum Gasteiger partial charge on any atom is -0.394 e. The monoisotopic (exact) mass is 181 g/mol. The minimum atomic E-state index is 0.0114. The molecule has 2 rings (SSSR count). The van der Waals surface area contributed by atoms with Crippen LogP contribution in [0.15, 0.2) is 12.3 Å². The van der Waals surface area contributed by atoms with Gasteiger partial charge >= 0.3 is 0 Å². The number of hydrogen-bond donors (Lipinski definition) is 2. The lowest BCUT2D eigenvalue weighted by Gasteiger charge is -2.12. The summed E-state index contributed by atoms with van der Waals surface area (Å²) in [4.78, 5) is 0. The van der Waals surface area contributed by atoms with Crippen LogP contribution in [0.1, 0.15) is 18.5 Å². The summed E-state index contributed by atoms with van der Waals surface area (Å²) in [7, 11) is 1.91. The van der Waals surface area contributed by atoms with Gasteiger partial charge in [0.15, 0.2) is 0 Å². The Morgan fingerprint density at radius 2 is 2.46 bits per heavy atom. The Hall–Kier alpha value is -0.870. The van der Waals surface area contributed by atoms with Crippen molar-refractivity contribution in [1.82, 2.24) is 15.1 Å². The summed E-state index contributed by atoms with van der Waals surface area (Å²) in [5, 5.41) is 16.6. The second-order valence-electron chi connectivity index (χ2n) is 3.77. The van der Waals surface area contributed by atoms with E-state index in [1.165, 1.54) is 0 Å². The van der Waals surface area contributed by atoms with E-state index in [1.54, 1.807) is 4.68 Å². The maximum atomic E-state index is 9.05. The molecule has 1 aromatic heterocycles. The first-order chi connectivity index (χ1) is 6.24. The molecule has 0 unspecified atom stereocenters. The molecule has 0 amide bonds. The molecule has 4 heteroatoms. The van der Waals surface area contributed by atoms with Gasteiger partial charge in [0, 0.05) is 25.3 Å². The van der Waals surface area contributed by atoms with Gasteiger partial charge in [-0.15, -0.1) is 0 Å². The van der Waals surface area contributed by atoms with Gasteiger partial charge in [-0.25, -0.2) is 0 Å². The highest BCUT2D eigenvalue weighted by molar-refractivity contribution is 5.05. The largest absolute Gasteiger partial charge is 0.394 e. The van der Waals surface area contributed by atoms with E-state index in [2.05, 4.69) is 10.4 Å². The van der Waals surface area contributed by atoms with E-state index in [0.717, 1.165) is 25.1 Å². The van der Waals surface area contributed by atoms with Crippen molar-refractivity contribution < 1.29 is 5.11 Å². The van der Waals surface area contributed by atoms with Crippen molar-refractivity contribution >= 4 is 0 Å². The van der Waals surface area contributed by atoms with Crippen molar-refractivity contribution in [3.63, 3.8) is 0 Å². The lowest BCUT2D eigenvalue weighted by atomic mass is 10.3. The summed E-state index contributed by atoms with van der Waals surface area (Å²) < 4.78 is 1.79. The Labute approximate surface area is 77.6 Å². The average Bonchev–Trinajstić information content (AvgIpc) is 2.81. The molecule has 0 bridgehead atoms. The Bertz CT molecular complexity index is 291. The van der Waals surface area contributed by atoms with Crippen LogP contribution < -0.4 is 5.32 Å². The summed E-state index contributed by atoms with van der Waals surface area (Å²) in [6, 6.07) is 1.99. The molecule has 1 aliphatic carbocycles. The van der Waals surface area contributed by atoms with Gasteiger partial charge in [0.1, 0.15) is 0 Å². The molecule has 1 aromatic rings. The molecule has 0 radical (unpaired) electrons. The number of aliphatic hydroxyl groups is 1. The van der Waals surface area contributed by atoms with Crippen molar-refractivity contribution in [3.05, 3.63) is 18.0 Å². The van der Waals surface area contributed by atoms with Gasteiger partial charge in [0.05, 0.1) is 12.3 Å². The van der Waals surface area contributed by atoms with Crippen LogP contribution in [0.2, 0.25) is 0 Å². The molecular weight excluding hydrogens is 166 g/mol. The topological polar surface area (TPSA) is 50.1 Å². The molecule has 0 aromatic carbocycles. The van der Waals surface area contributed by atoms with E-state index in [1.807, 2.05) is 19.3 Å². The Morgan fingerprint density at radius 3 is 2.92 bits per heavy atom. The Balaban J connectivity index is 1.86. The third kappa shape index (κ3) is 1.89. The molecule has 1 fully saturated rings. The van der Waals surface area contributed by atoms with Crippen molar-refractivity contribution in [1.29, 1.82) is 0 Å². The highest BCUT2D eigenvalue weighted by Gasteiger charge is 2.41. The fourth-order valence-corrected chi connectivity index (χ4v) is 1.38. The van der Waals surface area contributed by atoms with E-state index in [-0.39, 0.29) is 12.1 Å². The van der Waals surface area contributed by atoms with E-state index >= 15 is 0 Å². The molecule has 2 N–H and O–H groups in total. The van der Waals surface area contributed by atoms with Crippen LogP contribution in [-0.4, -0.2) is 27.0 Å². The highest BCUT2D eigenvalue weighted by Crippen LogP contribution is 2.34. The Kier molecular flexibility index (Phi) is 2.09. The molecule has 0 spiro atoms. The van der Waals surface area contributed by atoms with Crippen LogP contribution in [0.5, 0.6) is 0 Å². The third-order valence-electron chi connectivity index (χ3n) is 2.57. The molecule has 0 aliphatic heterocycles. The smallest absolute Gasteiger partial charge is 0.0762 e. The fraction of sp³-hybridized carbons (Fsp3) is 0.667. The van der Waals surface area contributed by atoms with E-state index in [4.69, 9.17) is 5.11 Å². The number of nitrogens with one attached hydrogen (secondary N) is 1. The molecule has 1 aliphatic rings. The van der Waals surface area contributed by atoms with Crippen molar-refractivity contribution in [2.75, 3.05) is 6.61 Å². The van der Waals surface area contributed by atoms with Gasteiger partial charge < -0.3 is 10.4 Å². The maximum absolute atomic E-state index is 9.05. The zero-order valence-corrected chi connectivity index (χ0v) is 7.82. The zero-order chi connectivity index (χ0) is 9.31. The summed E-state index contributed by atoms with van der Waals surface area (Å²) in [5.74, 6) is 0. The van der Waals surface area contributed by atoms with Gasteiger partial charge in [0.2, 0.25) is 0 Å². The van der Waals surface area contributed by atoms with Gasteiger partial charge in [-0.2, -0.15) is 5.10 Å². The number of rotatable bonds is 4. The van der Waals surface area contributed by atoms with Crippen LogP contribution in [0, 0.1) is 0 Å². The predicted octanol–water partition coefficient (Wildman–Crippen LogP) is 0.0346. The van der Waals surface area contributed by atoms with E-state index < -0.39 is 0 Å². The fourth-order valence-electron chi connectivity index (χ4n) is 1.38. The maximum Gasteiger partial charge on any atom is 0.0762 e. The predicted molar refractivity (Wildman–Crippen MR) is 49.1 cm³/mol. The lowest BCUT2D eigenvalue weighted by Crippen LogP contribution is -2.34. The summed E-state index contributed by atoms with van der Waals surface area (Å²) in [5.41, 5.74) is 1.04. The van der Waals surface area contributed by atoms with E-state index in [9.17, 15) is 0 Å². The molecule has 72 valence electrons. The van der Waals surface area contributed by atoms with E-state index in [0.29, 0.717) is 0 Å². The standard InChI is InChI=1S/C9H15N3O/c1-12-5-2-8(11-12)6-10-9(7-13)3-4-9/h2,5,10,13H,3-4,6-7H2,1H3. The van der Waals surface area contributed by atoms with Crippen LogP contribution in [-0.2, 0) is 13.6 Å². The first-order valence-electron chi connectivity index (χ1n) is 4.59. The van der Waals surface area contributed by atoms with Crippen LogP contribution in [0.25, 0.3) is 0 Å². The number of hydrogen-bond acceptors (Lipinski definition) is 3. The zero-order valence-electron chi connectivity index (χ0n) is 7.82. The summed E-state index contributed by atoms with van der Waals surface area (Å²) >= 11 is 0. The molecule has 4 nitrogen and oxygen atoms in total. The second kappa shape index (κ2) is 3.12. The van der Waals surface area contributed by atoms with Gasteiger partial charge in [-0.3, -0.25) is 4.68 Å². The van der Waals surface area contributed by atoms with Crippen LogP contribution in [0.3, 0.4) is 0 Å². The molecule has 0 saturated heterocycles. The van der Waals surface area contributed by atoms with Gasteiger partial charge in [-0.05, 0) is 18.9 Å². The molecule has 1 heterocycles. The van der Waals surface area contributed by atoms with Crippen molar-refractivity contribution in [2.45, 2.75) is 24.9 Å². The molecule has 1 saturated carbocycles. The lowest BCUT2D eigenvalue weighted by molar-refractivity contribution is 0.229. The summed E-state index contributed by atoms with van der Waals surface area (Å²) in [6.07, 6.45) is 4.09. The highest BCUT2D eigenvalue weighted by atomic mass is 16.3. The number of aromatic nitrogens is 2. The molecule has 13 heavy (non-hydrogen) atoms. The van der Waals surface area contributed by atoms with Crippen LogP contribution >= 0.6 is 0 Å². The first kappa shape index (κ1) is 8.72. The van der Waals surface area contributed by atoms with Gasteiger partial charge in [-0.1, -0.05) is 0 Å². The summed E-state index contributed by atoms with van der Waals surface area (Å²) in [6.45, 7) is 0.987. The minimum absolute atomic E-state index is 0.0114. The van der Waals surface area contributed by atoms with Crippen molar-refractivity contribution in [3.8, 4) is 0 Å². The number of aliphatic hydroxyl groups excluding tert-OH is 1. The second-order valence-corrected chi connectivity index (χ2v) is 3.77. The van der Waals surface area contributed by atoms with Crippen LogP contribution in [0.4, 0.5) is 0 Å². The third-order valence-corrected chi connectivity index (χ3v) is 2.57. The molecular formula is C9H15N3O. The first-order valence-corrected chi connectivity index (χ1v) is 4.59. The average molecular weight is 181 g/mol. The normalized spacial score (nSPS) is 18.9. The number of nitrogens with zero attached hydrogens (tertiary/aromatic N) is 2. The number of aryl methyl sites for hydroxylation is 1. The quantitative estimate of drug-likeness (QED) is 0.689. The Morgan fingerprint density at radius 1 is 1.69 bits per heavy atom. The van der Waals surface area contributed by atoms with Gasteiger partial charge in [0.25, 0.3) is 0 Å². The van der Waals surface area contributed by atoms with Crippen molar-refractivity contribution in [2.24, 2.45) is 7.05 Å². The molecule has 0 atom stereocenters. The SMILES string of the molecule is Cn1ccc(CNC2(CO)CC2)n1.